The Morgan fingerprint density at radius 2 is 1.70 bits per heavy atom. The van der Waals surface area contributed by atoms with Gasteiger partial charge in [0.15, 0.2) is 0 Å². The van der Waals surface area contributed by atoms with Gasteiger partial charge in [-0.15, -0.1) is 11.8 Å². The Kier molecular flexibility index (Phi) is 5.37. The van der Waals surface area contributed by atoms with Crippen molar-refractivity contribution < 1.29 is 9.53 Å². The summed E-state index contributed by atoms with van der Waals surface area (Å²) >= 11 is 7.71. The first-order valence-electron chi connectivity index (χ1n) is 8.72. The lowest BCUT2D eigenvalue weighted by Crippen LogP contribution is -2.30. The van der Waals surface area contributed by atoms with Gasteiger partial charge in [-0.25, -0.2) is 0 Å². The highest BCUT2D eigenvalue weighted by atomic mass is 35.5. The maximum atomic E-state index is 13.0. The monoisotopic (exact) mass is 395 g/mol. The molecular weight excluding hydrogens is 378 g/mol. The summed E-state index contributed by atoms with van der Waals surface area (Å²) in [6.07, 6.45) is 0. The molecule has 3 aromatic carbocycles. The Labute approximate surface area is 167 Å². The summed E-state index contributed by atoms with van der Waals surface area (Å²) in [6, 6.07) is 24.7. The van der Waals surface area contributed by atoms with Crippen molar-refractivity contribution in [2.75, 3.05) is 12.3 Å². The molecule has 4 rings (SSSR count). The summed E-state index contributed by atoms with van der Waals surface area (Å²) in [5, 5.41) is 0.608. The maximum Gasteiger partial charge on any atom is 0.255 e. The van der Waals surface area contributed by atoms with Gasteiger partial charge in [0, 0.05) is 22.9 Å². The van der Waals surface area contributed by atoms with Crippen molar-refractivity contribution in [3.05, 3.63) is 95.0 Å². The molecule has 1 amide bonds. The van der Waals surface area contributed by atoms with E-state index in [-0.39, 0.29) is 11.3 Å². The van der Waals surface area contributed by atoms with E-state index in [2.05, 4.69) is 0 Å². The van der Waals surface area contributed by atoms with Crippen LogP contribution in [0.25, 0.3) is 0 Å². The quantitative estimate of drug-likeness (QED) is 0.541. The number of rotatable bonds is 4. The number of benzene rings is 3. The van der Waals surface area contributed by atoms with E-state index >= 15 is 0 Å². The van der Waals surface area contributed by atoms with Crippen molar-refractivity contribution in [3.63, 3.8) is 0 Å². The zero-order chi connectivity index (χ0) is 18.6. The largest absolute Gasteiger partial charge is 0.457 e. The van der Waals surface area contributed by atoms with Crippen LogP contribution >= 0.6 is 23.4 Å². The molecule has 3 nitrogen and oxygen atoms in total. The van der Waals surface area contributed by atoms with Crippen molar-refractivity contribution in [2.24, 2.45) is 0 Å². The van der Waals surface area contributed by atoms with Gasteiger partial charge in [-0.1, -0.05) is 41.9 Å². The second kappa shape index (κ2) is 8.07. The van der Waals surface area contributed by atoms with E-state index in [1.165, 1.54) is 0 Å². The van der Waals surface area contributed by atoms with Crippen LogP contribution in [-0.2, 0) is 0 Å². The summed E-state index contributed by atoms with van der Waals surface area (Å²) < 4.78 is 5.94. The van der Waals surface area contributed by atoms with Gasteiger partial charge < -0.3 is 9.64 Å². The first-order valence-corrected chi connectivity index (χ1v) is 10.1. The second-order valence-electron chi connectivity index (χ2n) is 6.22. The van der Waals surface area contributed by atoms with Crippen LogP contribution in [0.1, 0.15) is 21.3 Å². The van der Waals surface area contributed by atoms with Crippen molar-refractivity contribution in [2.45, 2.75) is 5.37 Å². The molecule has 0 spiro atoms. The third kappa shape index (κ3) is 4.12. The number of amides is 1. The lowest BCUT2D eigenvalue weighted by molar-refractivity contribution is 0.0760. The van der Waals surface area contributed by atoms with E-state index in [0.29, 0.717) is 10.6 Å². The fraction of sp³-hybridized carbons (Fsp3) is 0.136. The second-order valence-corrected chi connectivity index (χ2v) is 7.84. The van der Waals surface area contributed by atoms with Gasteiger partial charge in [0.1, 0.15) is 16.9 Å². The number of halogens is 1. The molecule has 1 fully saturated rings. The van der Waals surface area contributed by atoms with Crippen LogP contribution in [0.15, 0.2) is 78.9 Å². The molecule has 0 N–H and O–H groups in total. The minimum absolute atomic E-state index is 0.0208. The zero-order valence-corrected chi connectivity index (χ0v) is 16.1. The Balaban J connectivity index is 1.56. The van der Waals surface area contributed by atoms with Gasteiger partial charge in [-0.3, -0.25) is 4.79 Å². The lowest BCUT2D eigenvalue weighted by Gasteiger charge is -2.24. The van der Waals surface area contributed by atoms with E-state index in [1.54, 1.807) is 36.0 Å². The number of ether oxygens (including phenoxy) is 1. The van der Waals surface area contributed by atoms with Gasteiger partial charge in [0.2, 0.25) is 0 Å². The average Bonchev–Trinajstić information content (AvgIpc) is 3.19. The molecule has 0 saturated carbocycles. The van der Waals surface area contributed by atoms with E-state index in [1.807, 2.05) is 59.5 Å². The van der Waals surface area contributed by atoms with Crippen LogP contribution in [0.2, 0.25) is 5.02 Å². The van der Waals surface area contributed by atoms with Gasteiger partial charge in [0.25, 0.3) is 5.91 Å². The molecule has 27 heavy (non-hydrogen) atoms. The fourth-order valence-corrected chi connectivity index (χ4v) is 4.44. The number of para-hydroxylation sites is 1. The number of nitrogens with zero attached hydrogens (tertiary/aromatic N) is 1. The fourth-order valence-electron chi connectivity index (χ4n) is 3.07. The topological polar surface area (TPSA) is 29.5 Å². The van der Waals surface area contributed by atoms with Crippen LogP contribution in [0.5, 0.6) is 11.5 Å². The molecule has 1 aliphatic heterocycles. The predicted molar refractivity (Wildman–Crippen MR) is 111 cm³/mol. The summed E-state index contributed by atoms with van der Waals surface area (Å²) in [5.74, 6) is 2.50. The lowest BCUT2D eigenvalue weighted by atomic mass is 10.1. The number of hydrogen-bond donors (Lipinski definition) is 0. The first-order chi connectivity index (χ1) is 13.2. The molecule has 0 bridgehead atoms. The summed E-state index contributed by atoms with van der Waals surface area (Å²) in [5.41, 5.74) is 1.72. The van der Waals surface area contributed by atoms with Crippen LogP contribution in [0.4, 0.5) is 0 Å². The molecule has 1 aliphatic rings. The van der Waals surface area contributed by atoms with Crippen LogP contribution in [0.3, 0.4) is 0 Å². The highest BCUT2D eigenvalue weighted by molar-refractivity contribution is 7.99. The molecule has 0 unspecified atom stereocenters. The molecule has 3 aromatic rings. The van der Waals surface area contributed by atoms with Gasteiger partial charge in [-0.05, 0) is 54.1 Å². The van der Waals surface area contributed by atoms with E-state index in [4.69, 9.17) is 16.3 Å². The van der Waals surface area contributed by atoms with Crippen LogP contribution in [-0.4, -0.2) is 23.1 Å². The number of carbonyl (C=O) groups excluding carboxylic acids is 1. The standard InChI is InChI=1S/C22H18ClNO2S/c23-18-11-9-16(10-12-18)21(25)24-13-14-27-22(24)17-5-4-8-20(15-17)26-19-6-2-1-3-7-19/h1-12,15,22H,13-14H2/t22-/m1/s1. The average molecular weight is 396 g/mol. The SMILES string of the molecule is O=C(c1ccc(Cl)cc1)N1CCS[C@@H]1c1cccc(Oc2ccccc2)c1. The van der Waals surface area contributed by atoms with Crippen LogP contribution < -0.4 is 4.74 Å². The molecule has 136 valence electrons. The van der Waals surface area contributed by atoms with E-state index in [0.717, 1.165) is 29.4 Å². The van der Waals surface area contributed by atoms with Crippen LogP contribution in [0, 0.1) is 0 Å². The van der Waals surface area contributed by atoms with Gasteiger partial charge in [0.05, 0.1) is 0 Å². The Bertz CT molecular complexity index is 931. The number of carbonyl (C=O) groups is 1. The predicted octanol–water partition coefficient (Wildman–Crippen LogP) is 6.02. The molecule has 0 aliphatic carbocycles. The van der Waals surface area contributed by atoms with Gasteiger partial charge in [-0.2, -0.15) is 0 Å². The minimum atomic E-state index is -0.0208. The molecular formula is C22H18ClNO2S. The maximum absolute atomic E-state index is 13.0. The highest BCUT2D eigenvalue weighted by Gasteiger charge is 2.31. The molecule has 1 saturated heterocycles. The van der Waals surface area contributed by atoms with Crippen molar-refractivity contribution in [1.82, 2.24) is 4.90 Å². The smallest absolute Gasteiger partial charge is 0.255 e. The summed E-state index contributed by atoms with van der Waals surface area (Å²) in [7, 11) is 0. The normalized spacial score (nSPS) is 16.3. The Morgan fingerprint density at radius 3 is 2.48 bits per heavy atom. The molecule has 5 heteroatoms. The highest BCUT2D eigenvalue weighted by Crippen LogP contribution is 2.40. The Hall–Kier alpha value is -2.43. The van der Waals surface area contributed by atoms with Crippen molar-refractivity contribution in [3.8, 4) is 11.5 Å². The Morgan fingerprint density at radius 1 is 0.963 bits per heavy atom. The summed E-state index contributed by atoms with van der Waals surface area (Å²) in [6.45, 7) is 0.723. The summed E-state index contributed by atoms with van der Waals surface area (Å²) in [4.78, 5) is 14.9. The first kappa shape index (κ1) is 18.0. The molecule has 1 heterocycles. The third-order valence-electron chi connectivity index (χ3n) is 4.37. The van der Waals surface area contributed by atoms with Crippen molar-refractivity contribution >= 4 is 29.3 Å². The molecule has 0 radical (unpaired) electrons. The minimum Gasteiger partial charge on any atom is -0.457 e. The zero-order valence-electron chi connectivity index (χ0n) is 14.5. The molecule has 1 atom stereocenters. The van der Waals surface area contributed by atoms with Crippen molar-refractivity contribution in [1.29, 1.82) is 0 Å². The third-order valence-corrected chi connectivity index (χ3v) is 5.88. The number of thioether (sulfide) groups is 1. The van der Waals surface area contributed by atoms with Gasteiger partial charge >= 0.3 is 0 Å². The van der Waals surface area contributed by atoms with E-state index in [9.17, 15) is 4.79 Å². The molecule has 0 aromatic heterocycles. The number of hydrogen-bond acceptors (Lipinski definition) is 3. The van der Waals surface area contributed by atoms with E-state index < -0.39 is 0 Å².